The van der Waals surface area contributed by atoms with Crippen LogP contribution in [0.4, 0.5) is 5.82 Å². The third-order valence-corrected chi connectivity index (χ3v) is 1.79. The SMILES string of the molecule is Cn1nncc1-c1ccnc(N)c1. The van der Waals surface area contributed by atoms with Crippen molar-refractivity contribution in [3.8, 4) is 11.3 Å². The van der Waals surface area contributed by atoms with Gasteiger partial charge in [-0.1, -0.05) is 5.21 Å². The van der Waals surface area contributed by atoms with Gasteiger partial charge in [0, 0.05) is 18.8 Å². The number of nitrogens with zero attached hydrogens (tertiary/aromatic N) is 4. The molecule has 0 spiro atoms. The van der Waals surface area contributed by atoms with Crippen LogP contribution in [0, 0.1) is 0 Å². The van der Waals surface area contributed by atoms with E-state index in [0.29, 0.717) is 5.82 Å². The number of rotatable bonds is 1. The third-order valence-electron chi connectivity index (χ3n) is 1.79. The fourth-order valence-corrected chi connectivity index (χ4v) is 1.16. The summed E-state index contributed by atoms with van der Waals surface area (Å²) in [4.78, 5) is 3.91. The number of aromatic nitrogens is 4. The summed E-state index contributed by atoms with van der Waals surface area (Å²) in [6.07, 6.45) is 3.35. The van der Waals surface area contributed by atoms with Crippen LogP contribution in [0.5, 0.6) is 0 Å². The topological polar surface area (TPSA) is 69.6 Å². The van der Waals surface area contributed by atoms with Crippen LogP contribution in [-0.2, 0) is 7.05 Å². The van der Waals surface area contributed by atoms with Gasteiger partial charge in [-0.25, -0.2) is 9.67 Å². The number of nitrogens with two attached hydrogens (primary N) is 1. The molecule has 5 heteroatoms. The van der Waals surface area contributed by atoms with Crippen molar-refractivity contribution in [2.75, 3.05) is 5.73 Å². The van der Waals surface area contributed by atoms with Crippen molar-refractivity contribution in [1.29, 1.82) is 0 Å². The van der Waals surface area contributed by atoms with Crippen molar-refractivity contribution in [1.82, 2.24) is 20.0 Å². The molecule has 0 atom stereocenters. The predicted molar refractivity (Wildman–Crippen MR) is 48.6 cm³/mol. The average molecular weight is 175 g/mol. The van der Waals surface area contributed by atoms with E-state index in [0.717, 1.165) is 11.3 Å². The number of aryl methyl sites for hydroxylation is 1. The predicted octanol–water partition coefficient (Wildman–Crippen LogP) is 0.459. The van der Waals surface area contributed by atoms with Crippen molar-refractivity contribution < 1.29 is 0 Å². The summed E-state index contributed by atoms with van der Waals surface area (Å²) in [5, 5.41) is 7.61. The summed E-state index contributed by atoms with van der Waals surface area (Å²) in [6, 6.07) is 3.66. The molecule has 2 aromatic heterocycles. The zero-order valence-corrected chi connectivity index (χ0v) is 7.18. The highest BCUT2D eigenvalue weighted by molar-refractivity contribution is 5.60. The van der Waals surface area contributed by atoms with Crippen LogP contribution in [0.2, 0.25) is 0 Å². The second-order valence-electron chi connectivity index (χ2n) is 2.71. The van der Waals surface area contributed by atoms with Gasteiger partial charge >= 0.3 is 0 Å². The molecular weight excluding hydrogens is 166 g/mol. The minimum atomic E-state index is 0.499. The Morgan fingerprint density at radius 3 is 2.92 bits per heavy atom. The summed E-state index contributed by atoms with van der Waals surface area (Å²) in [5.41, 5.74) is 7.45. The van der Waals surface area contributed by atoms with E-state index >= 15 is 0 Å². The first-order chi connectivity index (χ1) is 6.27. The molecule has 0 aliphatic rings. The first kappa shape index (κ1) is 7.72. The Morgan fingerprint density at radius 2 is 2.31 bits per heavy atom. The van der Waals surface area contributed by atoms with Crippen LogP contribution in [0.3, 0.4) is 0 Å². The number of hydrogen-bond acceptors (Lipinski definition) is 4. The molecule has 0 saturated carbocycles. The Balaban J connectivity index is 2.53. The Morgan fingerprint density at radius 1 is 1.46 bits per heavy atom. The summed E-state index contributed by atoms with van der Waals surface area (Å²) in [6.45, 7) is 0. The van der Waals surface area contributed by atoms with Gasteiger partial charge in [-0.2, -0.15) is 0 Å². The molecule has 66 valence electrons. The molecule has 0 radical (unpaired) electrons. The molecular formula is C8H9N5. The van der Waals surface area contributed by atoms with Crippen LogP contribution >= 0.6 is 0 Å². The van der Waals surface area contributed by atoms with E-state index in [9.17, 15) is 0 Å². The molecule has 0 bridgehead atoms. The maximum Gasteiger partial charge on any atom is 0.123 e. The molecule has 5 nitrogen and oxygen atoms in total. The number of hydrogen-bond donors (Lipinski definition) is 1. The second kappa shape index (κ2) is 2.85. The van der Waals surface area contributed by atoms with E-state index in [1.807, 2.05) is 13.1 Å². The number of nitrogen functional groups attached to an aromatic ring is 1. The molecule has 2 aromatic rings. The van der Waals surface area contributed by atoms with Crippen LogP contribution in [0.15, 0.2) is 24.5 Å². The highest BCUT2D eigenvalue weighted by Gasteiger charge is 2.02. The van der Waals surface area contributed by atoms with E-state index in [1.165, 1.54) is 0 Å². The summed E-state index contributed by atoms with van der Waals surface area (Å²) < 4.78 is 1.69. The molecule has 2 rings (SSSR count). The largest absolute Gasteiger partial charge is 0.384 e. The lowest BCUT2D eigenvalue weighted by atomic mass is 10.2. The minimum absolute atomic E-state index is 0.499. The van der Waals surface area contributed by atoms with E-state index in [4.69, 9.17) is 5.73 Å². The minimum Gasteiger partial charge on any atom is -0.384 e. The lowest BCUT2D eigenvalue weighted by Gasteiger charge is -2.00. The standard InChI is InChI=1S/C8H9N5/c1-13-7(5-11-12-13)6-2-3-10-8(9)4-6/h2-5H,1H3,(H2,9,10). The van der Waals surface area contributed by atoms with E-state index in [1.54, 1.807) is 23.1 Å². The van der Waals surface area contributed by atoms with Crippen molar-refractivity contribution in [3.05, 3.63) is 24.5 Å². The molecule has 0 aliphatic heterocycles. The molecule has 0 unspecified atom stereocenters. The second-order valence-corrected chi connectivity index (χ2v) is 2.71. The lowest BCUT2D eigenvalue weighted by Crippen LogP contribution is -1.95. The monoisotopic (exact) mass is 175 g/mol. The van der Waals surface area contributed by atoms with Crippen molar-refractivity contribution in [3.63, 3.8) is 0 Å². The summed E-state index contributed by atoms with van der Waals surface area (Å²) in [7, 11) is 1.83. The highest BCUT2D eigenvalue weighted by Crippen LogP contribution is 2.17. The van der Waals surface area contributed by atoms with Gasteiger partial charge in [0.1, 0.15) is 5.82 Å². The van der Waals surface area contributed by atoms with Gasteiger partial charge in [-0.15, -0.1) is 5.10 Å². The summed E-state index contributed by atoms with van der Waals surface area (Å²) in [5.74, 6) is 0.499. The molecule has 13 heavy (non-hydrogen) atoms. The smallest absolute Gasteiger partial charge is 0.123 e. The molecule has 2 heterocycles. The maximum absolute atomic E-state index is 5.55. The van der Waals surface area contributed by atoms with E-state index in [-0.39, 0.29) is 0 Å². The van der Waals surface area contributed by atoms with Crippen LogP contribution < -0.4 is 5.73 Å². The van der Waals surface area contributed by atoms with E-state index < -0.39 is 0 Å². The third kappa shape index (κ3) is 1.35. The van der Waals surface area contributed by atoms with Crippen LogP contribution in [0.25, 0.3) is 11.3 Å². The normalized spacial score (nSPS) is 10.2. The Kier molecular flexibility index (Phi) is 1.70. The first-order valence-corrected chi connectivity index (χ1v) is 3.84. The molecule has 0 amide bonds. The quantitative estimate of drug-likeness (QED) is 0.683. The van der Waals surface area contributed by atoms with E-state index in [2.05, 4.69) is 15.3 Å². The Bertz CT molecular complexity index is 420. The van der Waals surface area contributed by atoms with Gasteiger partial charge in [0.25, 0.3) is 0 Å². The zero-order chi connectivity index (χ0) is 9.26. The fourth-order valence-electron chi connectivity index (χ4n) is 1.16. The van der Waals surface area contributed by atoms with Gasteiger partial charge in [0.2, 0.25) is 0 Å². The van der Waals surface area contributed by atoms with Gasteiger partial charge in [0.05, 0.1) is 11.9 Å². The molecule has 0 fully saturated rings. The number of pyridine rings is 1. The molecule has 2 N–H and O–H groups in total. The van der Waals surface area contributed by atoms with Gasteiger partial charge in [0.15, 0.2) is 0 Å². The van der Waals surface area contributed by atoms with Gasteiger partial charge in [-0.05, 0) is 12.1 Å². The van der Waals surface area contributed by atoms with Crippen molar-refractivity contribution in [2.24, 2.45) is 7.05 Å². The van der Waals surface area contributed by atoms with Crippen molar-refractivity contribution in [2.45, 2.75) is 0 Å². The van der Waals surface area contributed by atoms with Crippen LogP contribution in [-0.4, -0.2) is 20.0 Å². The Hall–Kier alpha value is -1.91. The highest BCUT2D eigenvalue weighted by atomic mass is 15.4. The van der Waals surface area contributed by atoms with Gasteiger partial charge < -0.3 is 5.73 Å². The maximum atomic E-state index is 5.55. The summed E-state index contributed by atoms with van der Waals surface area (Å²) >= 11 is 0. The molecule has 0 saturated heterocycles. The lowest BCUT2D eigenvalue weighted by molar-refractivity contribution is 0.720. The Labute approximate surface area is 75.2 Å². The first-order valence-electron chi connectivity index (χ1n) is 3.84. The molecule has 0 aromatic carbocycles. The van der Waals surface area contributed by atoms with Crippen molar-refractivity contribution >= 4 is 5.82 Å². The molecule has 0 aliphatic carbocycles. The fraction of sp³-hybridized carbons (Fsp3) is 0.125. The van der Waals surface area contributed by atoms with Crippen LogP contribution in [0.1, 0.15) is 0 Å². The van der Waals surface area contributed by atoms with Gasteiger partial charge in [-0.3, -0.25) is 0 Å². The number of anilines is 1. The zero-order valence-electron chi connectivity index (χ0n) is 7.18. The average Bonchev–Trinajstić information content (AvgIpc) is 2.51.